The Morgan fingerprint density at radius 2 is 2.00 bits per heavy atom. The molecule has 3 nitrogen and oxygen atoms in total. The van der Waals surface area contributed by atoms with Gasteiger partial charge in [-0.2, -0.15) is 5.26 Å². The number of Topliss-reactive ketones (excluding diaryl/α,β-unsaturated/α-hetero) is 1. The summed E-state index contributed by atoms with van der Waals surface area (Å²) in [5.74, 6) is 1.44. The molecule has 1 aliphatic heterocycles. The number of benzene rings is 1. The number of nitriles is 1. The second-order valence-corrected chi connectivity index (χ2v) is 8.23. The fraction of sp³-hybridized carbons (Fsp3) is 0.429. The molecule has 0 amide bonds. The number of dihydropyridines is 1. The summed E-state index contributed by atoms with van der Waals surface area (Å²) in [6, 6.07) is 10.6. The fourth-order valence-corrected chi connectivity index (χ4v) is 4.39. The number of ketones is 1. The predicted molar refractivity (Wildman–Crippen MR) is 103 cm³/mol. The van der Waals surface area contributed by atoms with Gasteiger partial charge in [-0.25, -0.2) is 0 Å². The zero-order valence-electron chi connectivity index (χ0n) is 15.1. The van der Waals surface area contributed by atoms with Crippen molar-refractivity contribution in [2.24, 2.45) is 5.92 Å². The monoisotopic (exact) mass is 352 g/mol. The van der Waals surface area contributed by atoms with Gasteiger partial charge in [0, 0.05) is 23.4 Å². The Kier molecular flexibility index (Phi) is 5.34. The van der Waals surface area contributed by atoms with Crippen molar-refractivity contribution in [2.45, 2.75) is 46.0 Å². The van der Waals surface area contributed by atoms with E-state index < -0.39 is 0 Å². The van der Waals surface area contributed by atoms with Crippen molar-refractivity contribution in [1.29, 1.82) is 5.26 Å². The van der Waals surface area contributed by atoms with Crippen molar-refractivity contribution >= 4 is 17.5 Å². The maximum absolute atomic E-state index is 12.7. The molecular formula is C21H24N2OS. The lowest BCUT2D eigenvalue weighted by Crippen LogP contribution is -2.31. The molecule has 1 atom stereocenters. The van der Waals surface area contributed by atoms with Gasteiger partial charge in [0.15, 0.2) is 5.78 Å². The summed E-state index contributed by atoms with van der Waals surface area (Å²) in [6.07, 6.45) is 2.35. The van der Waals surface area contributed by atoms with Crippen molar-refractivity contribution in [2.75, 3.05) is 5.75 Å². The lowest BCUT2D eigenvalue weighted by atomic mass is 9.77. The van der Waals surface area contributed by atoms with Crippen molar-refractivity contribution in [3.05, 3.63) is 57.3 Å². The van der Waals surface area contributed by atoms with Crippen molar-refractivity contribution in [3.8, 4) is 6.07 Å². The van der Waals surface area contributed by atoms with Crippen LogP contribution in [0.2, 0.25) is 0 Å². The molecule has 1 N–H and O–H groups in total. The van der Waals surface area contributed by atoms with Crippen LogP contribution in [-0.4, -0.2) is 11.5 Å². The van der Waals surface area contributed by atoms with Gasteiger partial charge >= 0.3 is 0 Å². The number of rotatable bonds is 4. The van der Waals surface area contributed by atoms with Gasteiger partial charge in [-0.3, -0.25) is 4.79 Å². The summed E-state index contributed by atoms with van der Waals surface area (Å²) >= 11 is 1.70. The van der Waals surface area contributed by atoms with Gasteiger partial charge in [-0.1, -0.05) is 43.7 Å². The molecule has 1 aromatic carbocycles. The van der Waals surface area contributed by atoms with Gasteiger partial charge in [0.2, 0.25) is 0 Å². The number of allylic oxidation sites excluding steroid dienone is 3. The third kappa shape index (κ3) is 3.67. The standard InChI is InChI=1S/C21H24N2OS/c1-13(2)12-25-21-16(11-22)19(15-9-7-14(3)8-10-15)20-17(23-21)5-4-6-18(20)24/h7-10,13,19,23H,4-6,12H2,1-3H3/t19-/m1/s1. The van der Waals surface area contributed by atoms with Gasteiger partial charge < -0.3 is 5.32 Å². The number of carbonyl (C=O) groups excluding carboxylic acids is 1. The number of thioether (sulfide) groups is 1. The molecule has 130 valence electrons. The fourth-order valence-electron chi connectivity index (χ4n) is 3.38. The number of aryl methyl sites for hydroxylation is 1. The van der Waals surface area contributed by atoms with E-state index in [0.29, 0.717) is 17.9 Å². The predicted octanol–water partition coefficient (Wildman–Crippen LogP) is 4.81. The van der Waals surface area contributed by atoms with Crippen molar-refractivity contribution in [1.82, 2.24) is 5.32 Å². The molecule has 0 bridgehead atoms. The molecule has 0 unspecified atom stereocenters. The summed E-state index contributed by atoms with van der Waals surface area (Å²) in [6.45, 7) is 6.40. The summed E-state index contributed by atoms with van der Waals surface area (Å²) in [4.78, 5) is 12.7. The minimum Gasteiger partial charge on any atom is -0.352 e. The Morgan fingerprint density at radius 1 is 1.28 bits per heavy atom. The van der Waals surface area contributed by atoms with Crippen LogP contribution in [-0.2, 0) is 4.79 Å². The van der Waals surface area contributed by atoms with Crippen LogP contribution in [0.25, 0.3) is 0 Å². The van der Waals surface area contributed by atoms with Crippen LogP contribution >= 0.6 is 11.8 Å². The van der Waals surface area contributed by atoms with E-state index in [1.165, 1.54) is 5.56 Å². The van der Waals surface area contributed by atoms with Crippen LogP contribution < -0.4 is 5.32 Å². The Labute approximate surface area is 154 Å². The molecule has 1 aromatic rings. The SMILES string of the molecule is Cc1ccc([C@@H]2C(C#N)=C(SCC(C)C)NC3=C2C(=O)CCC3)cc1. The maximum atomic E-state index is 12.7. The lowest BCUT2D eigenvalue weighted by molar-refractivity contribution is -0.116. The average molecular weight is 353 g/mol. The molecule has 0 radical (unpaired) electrons. The van der Waals surface area contributed by atoms with E-state index in [4.69, 9.17) is 0 Å². The number of hydrogen-bond donors (Lipinski definition) is 1. The van der Waals surface area contributed by atoms with Crippen LogP contribution in [0.1, 0.15) is 50.2 Å². The maximum Gasteiger partial charge on any atom is 0.161 e. The van der Waals surface area contributed by atoms with E-state index in [1.54, 1.807) is 11.8 Å². The van der Waals surface area contributed by atoms with E-state index >= 15 is 0 Å². The third-order valence-electron chi connectivity index (χ3n) is 4.63. The molecule has 1 aliphatic carbocycles. The highest BCUT2D eigenvalue weighted by Gasteiger charge is 2.36. The molecule has 0 saturated carbocycles. The van der Waals surface area contributed by atoms with Crippen LogP contribution in [0.5, 0.6) is 0 Å². The second kappa shape index (κ2) is 7.49. The molecule has 2 aliphatic rings. The van der Waals surface area contributed by atoms with Gasteiger partial charge in [-0.05, 0) is 31.2 Å². The van der Waals surface area contributed by atoms with Gasteiger partial charge in [0.05, 0.1) is 22.6 Å². The molecule has 0 fully saturated rings. The zero-order valence-corrected chi connectivity index (χ0v) is 15.9. The Balaban J connectivity index is 2.09. The summed E-state index contributed by atoms with van der Waals surface area (Å²) < 4.78 is 0. The van der Waals surface area contributed by atoms with Gasteiger partial charge in [-0.15, -0.1) is 11.8 Å². The minimum atomic E-state index is -0.232. The van der Waals surface area contributed by atoms with Crippen LogP contribution in [0, 0.1) is 24.2 Å². The molecule has 1 heterocycles. The first kappa shape index (κ1) is 17.8. The molecule has 25 heavy (non-hydrogen) atoms. The number of nitrogens with zero attached hydrogens (tertiary/aromatic N) is 1. The summed E-state index contributed by atoms with van der Waals surface area (Å²) in [5, 5.41) is 14.3. The molecule has 0 aromatic heterocycles. The molecular weight excluding hydrogens is 328 g/mol. The molecule has 0 spiro atoms. The molecule has 3 rings (SSSR count). The Bertz CT molecular complexity index is 781. The van der Waals surface area contributed by atoms with E-state index in [-0.39, 0.29) is 11.7 Å². The van der Waals surface area contributed by atoms with E-state index in [1.807, 2.05) is 6.92 Å². The summed E-state index contributed by atoms with van der Waals surface area (Å²) in [5.41, 5.74) is 4.73. The highest BCUT2D eigenvalue weighted by molar-refractivity contribution is 8.03. The highest BCUT2D eigenvalue weighted by atomic mass is 32.2. The Morgan fingerprint density at radius 3 is 2.64 bits per heavy atom. The minimum absolute atomic E-state index is 0.181. The van der Waals surface area contributed by atoms with E-state index in [9.17, 15) is 10.1 Å². The second-order valence-electron chi connectivity index (χ2n) is 7.20. The number of hydrogen-bond acceptors (Lipinski definition) is 4. The van der Waals surface area contributed by atoms with Crippen LogP contribution in [0.4, 0.5) is 0 Å². The average Bonchev–Trinajstić information content (AvgIpc) is 2.59. The topological polar surface area (TPSA) is 52.9 Å². The first-order valence-electron chi connectivity index (χ1n) is 8.88. The number of carbonyl (C=O) groups is 1. The highest BCUT2D eigenvalue weighted by Crippen LogP contribution is 2.44. The van der Waals surface area contributed by atoms with Crippen LogP contribution in [0.15, 0.2) is 46.1 Å². The quantitative estimate of drug-likeness (QED) is 0.844. The largest absolute Gasteiger partial charge is 0.352 e. The zero-order chi connectivity index (χ0) is 18.0. The smallest absolute Gasteiger partial charge is 0.161 e. The first-order chi connectivity index (χ1) is 12.0. The van der Waals surface area contributed by atoms with Crippen molar-refractivity contribution < 1.29 is 4.79 Å². The first-order valence-corrected chi connectivity index (χ1v) is 9.86. The van der Waals surface area contributed by atoms with Crippen LogP contribution in [0.3, 0.4) is 0 Å². The van der Waals surface area contributed by atoms with Gasteiger partial charge in [0.25, 0.3) is 0 Å². The molecule has 0 saturated heterocycles. The molecule has 4 heteroatoms. The van der Waals surface area contributed by atoms with Gasteiger partial charge in [0.1, 0.15) is 0 Å². The normalized spacial score (nSPS) is 20.4. The van der Waals surface area contributed by atoms with E-state index in [2.05, 4.69) is 49.5 Å². The van der Waals surface area contributed by atoms with Crippen molar-refractivity contribution in [3.63, 3.8) is 0 Å². The summed E-state index contributed by atoms with van der Waals surface area (Å²) in [7, 11) is 0. The number of nitrogens with one attached hydrogen (secondary N) is 1. The van der Waals surface area contributed by atoms with E-state index in [0.717, 1.165) is 40.5 Å². The lowest BCUT2D eigenvalue weighted by Gasteiger charge is -2.33. The third-order valence-corrected chi connectivity index (χ3v) is 6.08. The Hall–Kier alpha value is -1.99.